The van der Waals surface area contributed by atoms with Crippen molar-refractivity contribution in [1.82, 2.24) is 4.90 Å². The first-order valence-electron chi connectivity index (χ1n) is 11.3. The first-order chi connectivity index (χ1) is 17.5. The van der Waals surface area contributed by atoms with Gasteiger partial charge < -0.3 is 14.2 Å². The van der Waals surface area contributed by atoms with E-state index in [0.717, 1.165) is 23.7 Å². The third-order valence-corrected chi connectivity index (χ3v) is 6.93. The summed E-state index contributed by atoms with van der Waals surface area (Å²) in [5.74, 6) is 0.265. The molecule has 3 aromatic carbocycles. The summed E-state index contributed by atoms with van der Waals surface area (Å²) in [7, 11) is 2.87. The first kappa shape index (κ1) is 25.5. The number of hydrogen-bond donors (Lipinski definition) is 0. The number of thiocarbonyl (C=S) groups is 1. The summed E-state index contributed by atoms with van der Waals surface area (Å²) >= 11 is 6.63. The molecule has 1 unspecified atom stereocenters. The van der Waals surface area contributed by atoms with Crippen LogP contribution in [0.25, 0.3) is 6.08 Å². The normalized spacial score (nSPS) is 15.2. The highest BCUT2D eigenvalue weighted by Crippen LogP contribution is 2.39. The van der Waals surface area contributed by atoms with Crippen molar-refractivity contribution < 1.29 is 23.8 Å². The van der Waals surface area contributed by atoms with E-state index in [4.69, 9.17) is 26.4 Å². The molecule has 36 heavy (non-hydrogen) atoms. The Kier molecular flexibility index (Phi) is 8.40. The molecule has 184 valence electrons. The molecule has 1 aliphatic heterocycles. The number of nitrogens with zero attached hydrogens (tertiary/aromatic N) is 1. The summed E-state index contributed by atoms with van der Waals surface area (Å²) < 4.78 is 16.7. The Hall–Kier alpha value is -3.62. The van der Waals surface area contributed by atoms with Gasteiger partial charge in [-0.25, -0.2) is 4.79 Å². The molecule has 0 spiro atoms. The maximum Gasteiger partial charge on any atom is 0.333 e. The Labute approximate surface area is 219 Å². The van der Waals surface area contributed by atoms with Crippen molar-refractivity contribution in [2.75, 3.05) is 20.8 Å². The van der Waals surface area contributed by atoms with Crippen molar-refractivity contribution in [1.29, 1.82) is 0 Å². The lowest BCUT2D eigenvalue weighted by Crippen LogP contribution is -2.37. The monoisotopic (exact) mass is 519 g/mol. The van der Waals surface area contributed by atoms with E-state index < -0.39 is 12.0 Å². The third-order valence-electron chi connectivity index (χ3n) is 5.60. The highest BCUT2D eigenvalue weighted by atomic mass is 32.2. The van der Waals surface area contributed by atoms with Crippen molar-refractivity contribution in [2.45, 2.75) is 12.5 Å². The minimum absolute atomic E-state index is 0.290. The van der Waals surface area contributed by atoms with E-state index in [9.17, 15) is 9.59 Å². The predicted molar refractivity (Wildman–Crippen MR) is 145 cm³/mol. The molecular weight excluding hydrogens is 494 g/mol. The Morgan fingerprint density at radius 3 is 2.36 bits per heavy atom. The smallest absolute Gasteiger partial charge is 0.333 e. The zero-order chi connectivity index (χ0) is 25.5. The fourth-order valence-electron chi connectivity index (χ4n) is 3.81. The SMILES string of the molecule is COC(=O)C(c1ccccc1)N1C(=O)/C(=C/c2ccc(OCCc3ccccc3)c(OC)c2)SC1=S. The van der Waals surface area contributed by atoms with Crippen LogP contribution in [0.4, 0.5) is 0 Å². The highest BCUT2D eigenvalue weighted by Gasteiger charge is 2.41. The second-order valence-electron chi connectivity index (χ2n) is 7.88. The molecular formula is C28H25NO5S2. The molecule has 3 aromatic rings. The van der Waals surface area contributed by atoms with Gasteiger partial charge in [0.25, 0.3) is 5.91 Å². The van der Waals surface area contributed by atoms with Crippen molar-refractivity contribution in [2.24, 2.45) is 0 Å². The maximum absolute atomic E-state index is 13.3. The zero-order valence-corrected chi connectivity index (χ0v) is 21.5. The molecule has 0 N–H and O–H groups in total. The minimum Gasteiger partial charge on any atom is -0.493 e. The second-order valence-corrected chi connectivity index (χ2v) is 9.56. The second kappa shape index (κ2) is 11.9. The van der Waals surface area contributed by atoms with Gasteiger partial charge in [-0.1, -0.05) is 90.7 Å². The van der Waals surface area contributed by atoms with Crippen LogP contribution in [-0.4, -0.2) is 41.9 Å². The van der Waals surface area contributed by atoms with Crippen molar-refractivity contribution in [3.8, 4) is 11.5 Å². The summed E-state index contributed by atoms with van der Waals surface area (Å²) in [6.45, 7) is 0.507. The van der Waals surface area contributed by atoms with E-state index in [2.05, 4.69) is 12.1 Å². The van der Waals surface area contributed by atoms with Crippen LogP contribution >= 0.6 is 24.0 Å². The number of benzene rings is 3. The number of hydrogen-bond acceptors (Lipinski definition) is 7. The van der Waals surface area contributed by atoms with Crippen LogP contribution in [0.15, 0.2) is 83.8 Å². The van der Waals surface area contributed by atoms with E-state index in [1.54, 1.807) is 43.5 Å². The third kappa shape index (κ3) is 5.78. The summed E-state index contributed by atoms with van der Waals surface area (Å²) in [6.07, 6.45) is 2.51. The van der Waals surface area contributed by atoms with Crippen molar-refractivity contribution in [3.63, 3.8) is 0 Å². The van der Waals surface area contributed by atoms with Crippen LogP contribution in [0, 0.1) is 0 Å². The predicted octanol–water partition coefficient (Wildman–Crippen LogP) is 5.43. The van der Waals surface area contributed by atoms with Gasteiger partial charge in [0.1, 0.15) is 4.32 Å². The summed E-state index contributed by atoms with van der Waals surface area (Å²) in [5.41, 5.74) is 2.56. The quantitative estimate of drug-likeness (QED) is 0.212. The minimum atomic E-state index is -0.954. The first-order valence-corrected chi connectivity index (χ1v) is 12.5. The number of carbonyl (C=O) groups excluding carboxylic acids is 2. The number of ether oxygens (including phenoxy) is 3. The average Bonchev–Trinajstić information content (AvgIpc) is 3.18. The topological polar surface area (TPSA) is 65.1 Å². The van der Waals surface area contributed by atoms with Crippen LogP contribution in [0.3, 0.4) is 0 Å². The fourth-order valence-corrected chi connectivity index (χ4v) is 5.12. The van der Waals surface area contributed by atoms with Gasteiger partial charge in [-0.2, -0.15) is 0 Å². The maximum atomic E-state index is 13.3. The van der Waals surface area contributed by atoms with E-state index in [1.807, 2.05) is 36.4 Å². The molecule has 0 saturated carbocycles. The van der Waals surface area contributed by atoms with Gasteiger partial charge in [0.05, 0.1) is 25.7 Å². The molecule has 6 nitrogen and oxygen atoms in total. The Morgan fingerprint density at radius 1 is 1.00 bits per heavy atom. The zero-order valence-electron chi connectivity index (χ0n) is 19.9. The number of thioether (sulfide) groups is 1. The molecule has 1 fully saturated rings. The van der Waals surface area contributed by atoms with Crippen LogP contribution in [0.5, 0.6) is 11.5 Å². The van der Waals surface area contributed by atoms with Gasteiger partial charge in [0, 0.05) is 6.42 Å². The number of rotatable bonds is 9. The lowest BCUT2D eigenvalue weighted by molar-refractivity contribution is -0.148. The van der Waals surface area contributed by atoms with E-state index >= 15 is 0 Å². The average molecular weight is 520 g/mol. The van der Waals surface area contributed by atoms with Gasteiger partial charge in [0.2, 0.25) is 0 Å². The molecule has 1 heterocycles. The number of carbonyl (C=O) groups is 2. The molecule has 8 heteroatoms. The lowest BCUT2D eigenvalue weighted by Gasteiger charge is -2.24. The molecule has 4 rings (SSSR count). The summed E-state index contributed by atoms with van der Waals surface area (Å²) in [4.78, 5) is 27.7. The Morgan fingerprint density at radius 2 is 1.69 bits per heavy atom. The van der Waals surface area contributed by atoms with Gasteiger partial charge in [-0.05, 0) is 34.9 Å². The van der Waals surface area contributed by atoms with E-state index in [-0.39, 0.29) is 5.91 Å². The molecule has 1 amide bonds. The highest BCUT2D eigenvalue weighted by molar-refractivity contribution is 8.26. The lowest BCUT2D eigenvalue weighted by atomic mass is 10.1. The fraction of sp³-hybridized carbons (Fsp3) is 0.179. The van der Waals surface area contributed by atoms with Crippen LogP contribution in [0.1, 0.15) is 22.7 Å². The molecule has 1 atom stereocenters. The number of amides is 1. The molecule has 1 aliphatic rings. The van der Waals surface area contributed by atoms with Crippen LogP contribution in [0.2, 0.25) is 0 Å². The van der Waals surface area contributed by atoms with Gasteiger partial charge >= 0.3 is 5.97 Å². The van der Waals surface area contributed by atoms with Crippen LogP contribution in [-0.2, 0) is 20.7 Å². The molecule has 0 radical (unpaired) electrons. The van der Waals surface area contributed by atoms with Crippen LogP contribution < -0.4 is 9.47 Å². The molecule has 0 aromatic heterocycles. The van der Waals surface area contributed by atoms with Gasteiger partial charge in [0.15, 0.2) is 17.5 Å². The number of methoxy groups -OCH3 is 2. The van der Waals surface area contributed by atoms with Gasteiger partial charge in [-0.3, -0.25) is 9.69 Å². The number of esters is 1. The summed E-state index contributed by atoms with van der Waals surface area (Å²) in [5, 5.41) is 0. The molecule has 0 bridgehead atoms. The van der Waals surface area contributed by atoms with E-state index in [1.165, 1.54) is 17.6 Å². The Bertz CT molecular complexity index is 1280. The molecule has 1 saturated heterocycles. The van der Waals surface area contributed by atoms with Gasteiger partial charge in [-0.15, -0.1) is 0 Å². The van der Waals surface area contributed by atoms with Crippen molar-refractivity contribution in [3.05, 3.63) is 100 Å². The summed E-state index contributed by atoms with van der Waals surface area (Å²) in [6, 6.07) is 23.6. The van der Waals surface area contributed by atoms with E-state index in [0.29, 0.717) is 32.9 Å². The largest absolute Gasteiger partial charge is 0.493 e. The standard InChI is InChI=1S/C28H25NO5S2/c1-32-23-17-20(13-14-22(23)34-16-15-19-9-5-3-6-10-19)18-24-26(30)29(28(35)36-24)25(27(31)33-2)21-11-7-4-8-12-21/h3-14,17-18,25H,15-16H2,1-2H3/b24-18-. The molecule has 0 aliphatic carbocycles. The Balaban J connectivity index is 1.52. The van der Waals surface area contributed by atoms with Crippen molar-refractivity contribution >= 4 is 46.3 Å².